The Kier molecular flexibility index (Phi) is 5.75. The number of thioether (sulfide) groups is 1. The summed E-state index contributed by atoms with van der Waals surface area (Å²) >= 11 is 1.46. The first-order valence-corrected chi connectivity index (χ1v) is 8.07. The number of hydrogen-bond acceptors (Lipinski definition) is 3. The quantitative estimate of drug-likeness (QED) is 0.737. The molecule has 2 rings (SSSR count). The highest BCUT2D eigenvalue weighted by Crippen LogP contribution is 2.27. The second kappa shape index (κ2) is 7.78. The monoisotopic (exact) mass is 303 g/mol. The van der Waals surface area contributed by atoms with Crippen LogP contribution >= 0.6 is 11.8 Å². The van der Waals surface area contributed by atoms with Crippen molar-refractivity contribution in [3.63, 3.8) is 0 Å². The van der Waals surface area contributed by atoms with Crippen molar-refractivity contribution in [2.75, 3.05) is 11.1 Å². The number of nitrogens with zero attached hydrogens (tertiary/aromatic N) is 1. The number of aryl methyl sites for hydroxylation is 1. The highest BCUT2D eigenvalue weighted by atomic mass is 32.2. The number of carbonyl (C=O) groups excluding carboxylic acids is 1. The Morgan fingerprint density at radius 1 is 1.29 bits per heavy atom. The van der Waals surface area contributed by atoms with Crippen molar-refractivity contribution in [3.8, 4) is 0 Å². The number of amides is 1. The molecule has 0 aliphatic rings. The maximum Gasteiger partial charge on any atom is 0.227 e. The summed E-state index contributed by atoms with van der Waals surface area (Å²) in [5.41, 5.74) is 7.50. The van der Waals surface area contributed by atoms with E-state index in [1.807, 2.05) is 24.3 Å². The van der Waals surface area contributed by atoms with Gasteiger partial charge in [0, 0.05) is 29.0 Å². The van der Waals surface area contributed by atoms with Crippen molar-refractivity contribution in [1.29, 1.82) is 0 Å². The third-order valence-corrected chi connectivity index (χ3v) is 4.20. The molecule has 2 aromatic rings. The van der Waals surface area contributed by atoms with Crippen molar-refractivity contribution in [3.05, 3.63) is 48.3 Å². The van der Waals surface area contributed by atoms with Crippen molar-refractivity contribution in [1.82, 2.24) is 4.57 Å². The third kappa shape index (κ3) is 4.56. The SMILES string of the molecule is CCCn1cccc1CNc1ccccc1SCC(N)=O. The molecule has 1 aromatic carbocycles. The third-order valence-electron chi connectivity index (χ3n) is 3.10. The summed E-state index contributed by atoms with van der Waals surface area (Å²) in [7, 11) is 0. The molecular formula is C16H21N3OS. The molecule has 0 bridgehead atoms. The van der Waals surface area contributed by atoms with Gasteiger partial charge in [0.05, 0.1) is 12.3 Å². The maximum atomic E-state index is 10.9. The summed E-state index contributed by atoms with van der Waals surface area (Å²) in [5, 5.41) is 3.44. The van der Waals surface area contributed by atoms with Gasteiger partial charge in [-0.1, -0.05) is 19.1 Å². The van der Waals surface area contributed by atoms with Crippen molar-refractivity contribution >= 4 is 23.4 Å². The molecule has 0 unspecified atom stereocenters. The van der Waals surface area contributed by atoms with E-state index in [-0.39, 0.29) is 5.91 Å². The zero-order chi connectivity index (χ0) is 15.1. The van der Waals surface area contributed by atoms with E-state index in [1.165, 1.54) is 17.5 Å². The number of rotatable bonds is 8. The first-order valence-electron chi connectivity index (χ1n) is 7.08. The number of hydrogen-bond donors (Lipinski definition) is 2. The molecule has 0 aliphatic carbocycles. The fourth-order valence-electron chi connectivity index (χ4n) is 2.14. The molecule has 1 amide bonds. The molecule has 5 heteroatoms. The summed E-state index contributed by atoms with van der Waals surface area (Å²) in [5.74, 6) is -0.00289. The molecule has 1 heterocycles. The molecule has 4 nitrogen and oxygen atoms in total. The van der Waals surface area contributed by atoms with Crippen LogP contribution in [0.25, 0.3) is 0 Å². The highest BCUT2D eigenvalue weighted by Gasteiger charge is 2.05. The second-order valence-corrected chi connectivity index (χ2v) is 5.81. The topological polar surface area (TPSA) is 60.1 Å². The Hall–Kier alpha value is -1.88. The van der Waals surface area contributed by atoms with Gasteiger partial charge in [0.25, 0.3) is 0 Å². The molecule has 0 radical (unpaired) electrons. The van der Waals surface area contributed by atoms with Crippen LogP contribution in [0, 0.1) is 0 Å². The van der Waals surface area contributed by atoms with Crippen LogP contribution in [-0.4, -0.2) is 16.2 Å². The molecule has 112 valence electrons. The molecule has 21 heavy (non-hydrogen) atoms. The predicted octanol–water partition coefficient (Wildman–Crippen LogP) is 3.09. The number of nitrogens with two attached hydrogens (primary N) is 1. The zero-order valence-electron chi connectivity index (χ0n) is 12.2. The number of carbonyl (C=O) groups is 1. The average molecular weight is 303 g/mol. The van der Waals surface area contributed by atoms with Gasteiger partial charge in [-0.3, -0.25) is 4.79 Å². The Morgan fingerprint density at radius 3 is 2.86 bits per heavy atom. The van der Waals surface area contributed by atoms with Crippen LogP contribution in [0.4, 0.5) is 5.69 Å². The number of nitrogens with one attached hydrogen (secondary N) is 1. The molecule has 0 aliphatic heterocycles. The number of aromatic nitrogens is 1. The lowest BCUT2D eigenvalue weighted by Gasteiger charge is -2.13. The van der Waals surface area contributed by atoms with Crippen LogP contribution in [0.1, 0.15) is 19.0 Å². The van der Waals surface area contributed by atoms with Gasteiger partial charge in [-0.2, -0.15) is 0 Å². The fourth-order valence-corrected chi connectivity index (χ4v) is 2.91. The normalized spacial score (nSPS) is 10.5. The van der Waals surface area contributed by atoms with Crippen molar-refractivity contribution < 1.29 is 4.79 Å². The number of benzene rings is 1. The van der Waals surface area contributed by atoms with Crippen molar-refractivity contribution in [2.45, 2.75) is 31.3 Å². The Morgan fingerprint density at radius 2 is 2.10 bits per heavy atom. The van der Waals surface area contributed by atoms with E-state index < -0.39 is 0 Å². The van der Waals surface area contributed by atoms with Crippen molar-refractivity contribution in [2.24, 2.45) is 5.73 Å². The average Bonchev–Trinajstić information content (AvgIpc) is 2.91. The minimum absolute atomic E-state index is 0.297. The standard InChI is InChI=1S/C16H21N3OS/c1-2-9-19-10-5-6-13(19)11-18-14-7-3-4-8-15(14)21-12-16(17)20/h3-8,10,18H,2,9,11-12H2,1H3,(H2,17,20). The molecule has 0 fully saturated rings. The second-order valence-electron chi connectivity index (χ2n) is 4.80. The number of primary amides is 1. The lowest BCUT2D eigenvalue weighted by atomic mass is 10.3. The Balaban J connectivity index is 2.02. The summed E-state index contributed by atoms with van der Waals surface area (Å²) in [4.78, 5) is 12.0. The summed E-state index contributed by atoms with van der Waals surface area (Å²) < 4.78 is 2.26. The number of para-hydroxylation sites is 1. The van der Waals surface area contributed by atoms with E-state index >= 15 is 0 Å². The first-order chi connectivity index (χ1) is 10.2. The van der Waals surface area contributed by atoms with Gasteiger partial charge in [0.15, 0.2) is 0 Å². The van der Waals surface area contributed by atoms with Crippen LogP contribution < -0.4 is 11.1 Å². The highest BCUT2D eigenvalue weighted by molar-refractivity contribution is 8.00. The molecule has 0 saturated heterocycles. The van der Waals surface area contributed by atoms with Crippen LogP contribution in [-0.2, 0) is 17.9 Å². The Bertz CT molecular complexity index is 595. The van der Waals surface area contributed by atoms with Gasteiger partial charge in [0.2, 0.25) is 5.91 Å². The van der Waals surface area contributed by atoms with Gasteiger partial charge in [-0.05, 0) is 30.7 Å². The summed E-state index contributed by atoms with van der Waals surface area (Å²) in [6.45, 7) is 3.97. The minimum atomic E-state index is -0.299. The van der Waals surface area contributed by atoms with Crippen LogP contribution in [0.2, 0.25) is 0 Å². The molecule has 0 spiro atoms. The molecule has 1 aromatic heterocycles. The maximum absolute atomic E-state index is 10.9. The lowest BCUT2D eigenvalue weighted by Crippen LogP contribution is -2.13. The summed E-state index contributed by atoms with van der Waals surface area (Å²) in [6.07, 6.45) is 3.22. The predicted molar refractivity (Wildman–Crippen MR) is 88.4 cm³/mol. The van der Waals surface area contributed by atoms with E-state index in [0.29, 0.717) is 5.75 Å². The van der Waals surface area contributed by atoms with Crippen LogP contribution in [0.3, 0.4) is 0 Å². The van der Waals surface area contributed by atoms with Gasteiger partial charge in [-0.15, -0.1) is 11.8 Å². The van der Waals surface area contributed by atoms with E-state index in [0.717, 1.165) is 30.1 Å². The molecule has 0 atom stereocenters. The van der Waals surface area contributed by atoms with E-state index in [4.69, 9.17) is 5.73 Å². The van der Waals surface area contributed by atoms with Crippen LogP contribution in [0.5, 0.6) is 0 Å². The largest absolute Gasteiger partial charge is 0.379 e. The molecule has 0 saturated carbocycles. The Labute approximate surface area is 129 Å². The molecule has 3 N–H and O–H groups in total. The fraction of sp³-hybridized carbons (Fsp3) is 0.312. The first kappa shape index (κ1) is 15.5. The van der Waals surface area contributed by atoms with Crippen LogP contribution in [0.15, 0.2) is 47.5 Å². The molecular weight excluding hydrogens is 282 g/mol. The lowest BCUT2D eigenvalue weighted by molar-refractivity contribution is -0.115. The number of anilines is 1. The van der Waals surface area contributed by atoms with Gasteiger partial charge < -0.3 is 15.6 Å². The summed E-state index contributed by atoms with van der Waals surface area (Å²) in [6, 6.07) is 12.2. The van der Waals surface area contributed by atoms with Gasteiger partial charge in [-0.25, -0.2) is 0 Å². The minimum Gasteiger partial charge on any atom is -0.379 e. The van der Waals surface area contributed by atoms with E-state index in [9.17, 15) is 4.79 Å². The van der Waals surface area contributed by atoms with E-state index in [2.05, 4.69) is 35.1 Å². The smallest absolute Gasteiger partial charge is 0.227 e. The van der Waals surface area contributed by atoms with Gasteiger partial charge >= 0.3 is 0 Å². The van der Waals surface area contributed by atoms with Gasteiger partial charge in [0.1, 0.15) is 0 Å². The van der Waals surface area contributed by atoms with E-state index in [1.54, 1.807) is 0 Å². The zero-order valence-corrected chi connectivity index (χ0v) is 13.0.